The van der Waals surface area contributed by atoms with E-state index in [-0.39, 0.29) is 23.4 Å². The van der Waals surface area contributed by atoms with E-state index >= 15 is 0 Å². The molecule has 0 aliphatic rings. The zero-order valence-corrected chi connectivity index (χ0v) is 16.2. The first-order valence-corrected chi connectivity index (χ1v) is 9.07. The molecule has 0 aliphatic heterocycles. The number of aryl methyl sites for hydroxylation is 3. The van der Waals surface area contributed by atoms with Gasteiger partial charge >= 0.3 is 0 Å². The summed E-state index contributed by atoms with van der Waals surface area (Å²) in [6.45, 7) is 4.36. The number of nitrogens with one attached hydrogen (secondary N) is 1. The van der Waals surface area contributed by atoms with Crippen LogP contribution in [-0.2, 0) is 20.1 Å². The first-order valence-electron chi connectivity index (χ1n) is 9.07. The van der Waals surface area contributed by atoms with Gasteiger partial charge in [0.2, 0.25) is 17.1 Å². The fourth-order valence-corrected chi connectivity index (χ4v) is 2.99. The Bertz CT molecular complexity index is 1270. The van der Waals surface area contributed by atoms with Gasteiger partial charge < -0.3 is 14.4 Å². The van der Waals surface area contributed by atoms with E-state index in [1.54, 1.807) is 40.8 Å². The predicted molar refractivity (Wildman–Crippen MR) is 104 cm³/mol. The van der Waals surface area contributed by atoms with Crippen LogP contribution in [0.15, 0.2) is 40.0 Å². The van der Waals surface area contributed by atoms with Gasteiger partial charge in [0.15, 0.2) is 0 Å². The number of pyridine rings is 2. The van der Waals surface area contributed by atoms with E-state index in [2.05, 4.69) is 25.5 Å². The van der Waals surface area contributed by atoms with Crippen molar-refractivity contribution >= 4 is 16.9 Å². The molecule has 0 aromatic carbocycles. The molecule has 1 N–H and O–H groups in total. The Labute approximate surface area is 165 Å². The number of nitrogens with zero attached hydrogens (tertiary/aromatic N) is 6. The number of amides is 1. The molecule has 29 heavy (non-hydrogen) atoms. The Hall–Kier alpha value is -3.82. The first kappa shape index (κ1) is 18.5. The molecule has 4 aromatic rings. The lowest BCUT2D eigenvalue weighted by Crippen LogP contribution is -2.29. The van der Waals surface area contributed by atoms with E-state index in [1.165, 1.54) is 6.20 Å². The molecule has 0 saturated heterocycles. The molecule has 0 aliphatic carbocycles. The highest BCUT2D eigenvalue weighted by Crippen LogP contribution is 2.14. The lowest BCUT2D eigenvalue weighted by molar-refractivity contribution is 0.0944. The number of carbonyl (C=O) groups excluding carboxylic acids is 1. The number of rotatable bonds is 5. The van der Waals surface area contributed by atoms with Gasteiger partial charge in [-0.3, -0.25) is 14.3 Å². The zero-order valence-electron chi connectivity index (χ0n) is 16.2. The summed E-state index contributed by atoms with van der Waals surface area (Å²) < 4.78 is 8.58. The summed E-state index contributed by atoms with van der Waals surface area (Å²) in [6, 6.07) is 3.45. The topological polar surface area (TPSA) is 121 Å². The van der Waals surface area contributed by atoms with Gasteiger partial charge in [-0.2, -0.15) is 10.1 Å². The lowest BCUT2D eigenvalue weighted by atomic mass is 10.1. The third kappa shape index (κ3) is 3.51. The smallest absolute Gasteiger partial charge is 0.257 e. The van der Waals surface area contributed by atoms with Gasteiger partial charge in [0, 0.05) is 31.7 Å². The first-order chi connectivity index (χ1) is 14.0. The monoisotopic (exact) mass is 393 g/mol. The number of carbonyl (C=O) groups is 1. The molecule has 0 spiro atoms. The molecule has 0 fully saturated rings. The summed E-state index contributed by atoms with van der Waals surface area (Å²) >= 11 is 0. The predicted octanol–water partition coefficient (Wildman–Crippen LogP) is 1.44. The van der Waals surface area contributed by atoms with E-state index in [9.17, 15) is 9.59 Å². The third-order valence-electron chi connectivity index (χ3n) is 4.48. The van der Waals surface area contributed by atoms with Crippen molar-refractivity contribution in [2.24, 2.45) is 7.05 Å². The molecule has 10 nitrogen and oxygen atoms in total. The van der Waals surface area contributed by atoms with Crippen LogP contribution in [-0.4, -0.2) is 35.4 Å². The highest BCUT2D eigenvalue weighted by atomic mass is 16.5. The molecule has 148 valence electrons. The highest BCUT2D eigenvalue weighted by molar-refractivity contribution is 5.96. The Morgan fingerprint density at radius 1 is 1.24 bits per heavy atom. The molecule has 0 radical (unpaired) electrons. The number of aromatic nitrogens is 6. The third-order valence-corrected chi connectivity index (χ3v) is 4.48. The van der Waals surface area contributed by atoms with Crippen LogP contribution < -0.4 is 10.7 Å². The second kappa shape index (κ2) is 7.30. The van der Waals surface area contributed by atoms with Crippen molar-refractivity contribution in [1.29, 1.82) is 0 Å². The van der Waals surface area contributed by atoms with Crippen LogP contribution >= 0.6 is 0 Å². The van der Waals surface area contributed by atoms with Crippen molar-refractivity contribution in [3.63, 3.8) is 0 Å². The van der Waals surface area contributed by atoms with E-state index in [4.69, 9.17) is 4.52 Å². The number of hydrogen-bond donors (Lipinski definition) is 1. The van der Waals surface area contributed by atoms with Crippen molar-refractivity contribution in [2.45, 2.75) is 26.9 Å². The van der Waals surface area contributed by atoms with E-state index in [1.807, 2.05) is 13.8 Å². The molecule has 4 heterocycles. The molecule has 0 saturated carbocycles. The van der Waals surface area contributed by atoms with Crippen molar-refractivity contribution < 1.29 is 9.32 Å². The van der Waals surface area contributed by atoms with Gasteiger partial charge in [-0.05, 0) is 26.0 Å². The Kier molecular flexibility index (Phi) is 4.67. The lowest BCUT2D eigenvalue weighted by Gasteiger charge is -2.11. The summed E-state index contributed by atoms with van der Waals surface area (Å²) in [5.74, 6) is 0.0924. The van der Waals surface area contributed by atoms with Crippen molar-refractivity contribution in [1.82, 2.24) is 34.8 Å². The minimum absolute atomic E-state index is 0.00183. The Balaban J connectivity index is 1.57. The quantitative estimate of drug-likeness (QED) is 0.544. The van der Waals surface area contributed by atoms with E-state index < -0.39 is 5.91 Å². The molecule has 0 bridgehead atoms. The van der Waals surface area contributed by atoms with Gasteiger partial charge in [0.25, 0.3) is 5.91 Å². The average molecular weight is 393 g/mol. The summed E-state index contributed by atoms with van der Waals surface area (Å²) in [5, 5.41) is 11.0. The normalized spacial score (nSPS) is 11.1. The minimum Gasteiger partial charge on any atom is -0.343 e. The molecular formula is C19H19N7O3. The van der Waals surface area contributed by atoms with Crippen molar-refractivity contribution in [3.8, 4) is 11.4 Å². The maximum absolute atomic E-state index is 12.8. The van der Waals surface area contributed by atoms with Crippen LogP contribution in [0.1, 0.15) is 28.9 Å². The summed E-state index contributed by atoms with van der Waals surface area (Å²) in [5.41, 5.74) is 1.74. The van der Waals surface area contributed by atoms with E-state index in [0.717, 1.165) is 5.69 Å². The van der Waals surface area contributed by atoms with Gasteiger partial charge in [-0.25, -0.2) is 4.98 Å². The fourth-order valence-electron chi connectivity index (χ4n) is 2.99. The van der Waals surface area contributed by atoms with Gasteiger partial charge in [-0.1, -0.05) is 5.16 Å². The number of fused-ring (bicyclic) bond motifs is 1. The summed E-state index contributed by atoms with van der Waals surface area (Å²) in [4.78, 5) is 34.1. The zero-order chi connectivity index (χ0) is 20.5. The Morgan fingerprint density at radius 3 is 2.79 bits per heavy atom. The molecular weight excluding hydrogens is 374 g/mol. The molecule has 4 aromatic heterocycles. The van der Waals surface area contributed by atoms with Crippen molar-refractivity contribution in [2.75, 3.05) is 0 Å². The van der Waals surface area contributed by atoms with Crippen LogP contribution in [0.2, 0.25) is 0 Å². The summed E-state index contributed by atoms with van der Waals surface area (Å²) in [6.07, 6.45) is 4.90. The molecule has 1 amide bonds. The maximum atomic E-state index is 12.8. The summed E-state index contributed by atoms with van der Waals surface area (Å²) in [7, 11) is 1.79. The van der Waals surface area contributed by atoms with Gasteiger partial charge in [0.05, 0.1) is 23.7 Å². The van der Waals surface area contributed by atoms with Crippen LogP contribution in [0.25, 0.3) is 22.4 Å². The van der Waals surface area contributed by atoms with Crippen LogP contribution in [0.5, 0.6) is 0 Å². The standard InChI is InChI=1S/C19H19N7O3/c1-4-26-10-14(16(27)13-6-5-11(2)22-18(13)26)19(28)20-8-15-23-17(24-29-15)12-7-21-25(3)9-12/h5-7,9-10H,4,8H2,1-3H3,(H,20,28). The molecule has 0 atom stereocenters. The number of hydrogen-bond acceptors (Lipinski definition) is 7. The highest BCUT2D eigenvalue weighted by Gasteiger charge is 2.17. The fraction of sp³-hybridized carbons (Fsp3) is 0.263. The van der Waals surface area contributed by atoms with Crippen LogP contribution in [0.4, 0.5) is 0 Å². The largest absolute Gasteiger partial charge is 0.343 e. The van der Waals surface area contributed by atoms with Crippen molar-refractivity contribution in [3.05, 3.63) is 58.1 Å². The Morgan fingerprint density at radius 2 is 2.07 bits per heavy atom. The van der Waals surface area contributed by atoms with Crippen LogP contribution in [0, 0.1) is 6.92 Å². The average Bonchev–Trinajstić information content (AvgIpc) is 3.35. The maximum Gasteiger partial charge on any atom is 0.257 e. The van der Waals surface area contributed by atoms with Gasteiger partial charge in [0.1, 0.15) is 11.2 Å². The second-order valence-electron chi connectivity index (χ2n) is 6.58. The van der Waals surface area contributed by atoms with E-state index in [0.29, 0.717) is 29.0 Å². The minimum atomic E-state index is -0.513. The molecule has 4 rings (SSSR count). The SMILES string of the molecule is CCn1cc(C(=O)NCc2nc(-c3cnn(C)c3)no2)c(=O)c2ccc(C)nc21. The van der Waals surface area contributed by atoms with Crippen LogP contribution in [0.3, 0.4) is 0 Å². The molecule has 0 unspecified atom stereocenters. The molecule has 10 heteroatoms. The van der Waals surface area contributed by atoms with Gasteiger partial charge in [-0.15, -0.1) is 0 Å². The second-order valence-corrected chi connectivity index (χ2v) is 6.58.